The zero-order valence-electron chi connectivity index (χ0n) is 17.3. The second kappa shape index (κ2) is 9.56. The Morgan fingerprint density at radius 1 is 1.10 bits per heavy atom. The van der Waals surface area contributed by atoms with Crippen LogP contribution in [0.3, 0.4) is 0 Å². The molecule has 0 fully saturated rings. The molecule has 3 rings (SSSR count). The number of rotatable bonds is 7. The Bertz CT molecular complexity index is 1230. The van der Waals surface area contributed by atoms with Crippen molar-refractivity contribution in [3.8, 4) is 0 Å². The summed E-state index contributed by atoms with van der Waals surface area (Å²) in [6.07, 6.45) is 0. The molecule has 164 valence electrons. The summed E-state index contributed by atoms with van der Waals surface area (Å²) in [5.74, 6) is -0.503. The number of anilines is 2. The van der Waals surface area contributed by atoms with E-state index in [1.807, 2.05) is 33.8 Å². The van der Waals surface area contributed by atoms with Gasteiger partial charge >= 0.3 is 0 Å². The molecule has 1 aromatic heterocycles. The fourth-order valence-electron chi connectivity index (χ4n) is 2.54. The van der Waals surface area contributed by atoms with Crippen LogP contribution in [0.2, 0.25) is 5.02 Å². The molecule has 0 aliphatic carbocycles. The maximum atomic E-state index is 12.9. The number of amides is 1. The zero-order chi connectivity index (χ0) is 22.8. The average molecular weight is 497 g/mol. The number of hydrogen-bond acceptors (Lipinski definition) is 7. The number of carbonyl (C=O) groups is 1. The lowest BCUT2D eigenvalue weighted by Crippen LogP contribution is -2.16. The Hall–Kier alpha value is -2.14. The third-order valence-electron chi connectivity index (χ3n) is 4.21. The van der Waals surface area contributed by atoms with Gasteiger partial charge < -0.3 is 0 Å². The molecule has 0 radical (unpaired) electrons. The predicted octanol–water partition coefficient (Wildman–Crippen LogP) is 5.36. The summed E-state index contributed by atoms with van der Waals surface area (Å²) >= 11 is 8.94. The summed E-state index contributed by atoms with van der Waals surface area (Å²) in [5.41, 5.74) is 2.55. The minimum absolute atomic E-state index is 0.0134. The van der Waals surface area contributed by atoms with Crippen LogP contribution in [-0.2, 0) is 10.0 Å². The van der Waals surface area contributed by atoms with E-state index in [2.05, 4.69) is 20.2 Å². The maximum absolute atomic E-state index is 12.9. The number of sulfonamides is 1. The van der Waals surface area contributed by atoms with Gasteiger partial charge in [-0.05, 0) is 55.3 Å². The number of aromatic nitrogens is 2. The van der Waals surface area contributed by atoms with Crippen molar-refractivity contribution in [1.29, 1.82) is 0 Å². The number of hydrogen-bond donors (Lipinski definition) is 2. The monoisotopic (exact) mass is 496 g/mol. The zero-order valence-corrected chi connectivity index (χ0v) is 20.5. The van der Waals surface area contributed by atoms with Crippen LogP contribution in [-0.4, -0.2) is 29.8 Å². The van der Waals surface area contributed by atoms with Gasteiger partial charge in [0, 0.05) is 16.5 Å². The van der Waals surface area contributed by atoms with E-state index in [4.69, 9.17) is 11.6 Å². The molecule has 0 spiro atoms. The molecule has 1 heterocycles. The van der Waals surface area contributed by atoms with Gasteiger partial charge in [0.15, 0.2) is 4.34 Å². The lowest BCUT2D eigenvalue weighted by molar-refractivity contribution is 0.102. The number of nitrogens with one attached hydrogen (secondary N) is 2. The Morgan fingerprint density at radius 2 is 1.84 bits per heavy atom. The summed E-state index contributed by atoms with van der Waals surface area (Å²) in [7, 11) is -4.00. The quantitative estimate of drug-likeness (QED) is 0.337. The number of benzene rings is 2. The number of aryl methyl sites for hydroxylation is 2. The molecular formula is C20H21ClN4O3S3. The molecule has 0 atom stereocenters. The minimum Gasteiger partial charge on any atom is -0.296 e. The Kier molecular flexibility index (Phi) is 7.25. The van der Waals surface area contributed by atoms with Gasteiger partial charge in [-0.2, -0.15) is 0 Å². The molecule has 0 unspecified atom stereocenters. The molecule has 1 amide bonds. The molecule has 11 heteroatoms. The van der Waals surface area contributed by atoms with E-state index in [-0.39, 0.29) is 15.5 Å². The van der Waals surface area contributed by atoms with E-state index in [0.29, 0.717) is 16.1 Å². The van der Waals surface area contributed by atoms with Gasteiger partial charge in [-0.15, -0.1) is 10.2 Å². The SMILES string of the molecule is Cc1ccc(NS(=O)(=O)c2cc(C(=O)Nc3nnc(SC(C)C)s3)ccc2Cl)cc1C. The van der Waals surface area contributed by atoms with Crippen LogP contribution in [0.1, 0.15) is 35.3 Å². The molecule has 3 aromatic rings. The topological polar surface area (TPSA) is 101 Å². The lowest BCUT2D eigenvalue weighted by Gasteiger charge is -2.12. The first kappa shape index (κ1) is 23.5. The highest BCUT2D eigenvalue weighted by Gasteiger charge is 2.21. The van der Waals surface area contributed by atoms with Crippen molar-refractivity contribution in [1.82, 2.24) is 10.2 Å². The van der Waals surface area contributed by atoms with Gasteiger partial charge in [0.05, 0.1) is 5.02 Å². The van der Waals surface area contributed by atoms with Gasteiger partial charge in [-0.1, -0.05) is 54.6 Å². The maximum Gasteiger partial charge on any atom is 0.263 e. The second-order valence-electron chi connectivity index (χ2n) is 7.04. The minimum atomic E-state index is -4.00. The molecule has 7 nitrogen and oxygen atoms in total. The van der Waals surface area contributed by atoms with Gasteiger partial charge in [-0.3, -0.25) is 14.8 Å². The molecule has 31 heavy (non-hydrogen) atoms. The van der Waals surface area contributed by atoms with Crippen LogP contribution in [0, 0.1) is 13.8 Å². The van der Waals surface area contributed by atoms with Crippen LogP contribution < -0.4 is 10.0 Å². The van der Waals surface area contributed by atoms with Crippen LogP contribution >= 0.6 is 34.7 Å². The average Bonchev–Trinajstić information content (AvgIpc) is 3.10. The fraction of sp³-hybridized carbons (Fsp3) is 0.250. The molecule has 0 bridgehead atoms. The van der Waals surface area contributed by atoms with Crippen molar-refractivity contribution >= 4 is 61.4 Å². The number of carbonyl (C=O) groups excluding carboxylic acids is 1. The van der Waals surface area contributed by atoms with E-state index in [9.17, 15) is 13.2 Å². The molecule has 0 aliphatic heterocycles. The van der Waals surface area contributed by atoms with Crippen LogP contribution in [0.5, 0.6) is 0 Å². The summed E-state index contributed by atoms with van der Waals surface area (Å²) < 4.78 is 29.1. The number of nitrogens with zero attached hydrogens (tertiary/aromatic N) is 2. The van der Waals surface area contributed by atoms with E-state index in [1.54, 1.807) is 23.9 Å². The smallest absolute Gasteiger partial charge is 0.263 e. The van der Waals surface area contributed by atoms with Crippen molar-refractivity contribution in [3.63, 3.8) is 0 Å². The Labute approximate surface area is 194 Å². The first-order valence-corrected chi connectivity index (χ1v) is 12.8. The molecule has 0 aliphatic rings. The summed E-state index contributed by atoms with van der Waals surface area (Å²) in [5, 5.41) is 11.3. The first-order chi connectivity index (χ1) is 14.5. The highest BCUT2D eigenvalue weighted by molar-refractivity contribution is 8.01. The van der Waals surface area contributed by atoms with Crippen molar-refractivity contribution < 1.29 is 13.2 Å². The number of thioether (sulfide) groups is 1. The summed E-state index contributed by atoms with van der Waals surface area (Å²) in [6.45, 7) is 7.90. The third kappa shape index (κ3) is 5.97. The Balaban J connectivity index is 1.82. The van der Waals surface area contributed by atoms with Crippen LogP contribution in [0.4, 0.5) is 10.8 Å². The van der Waals surface area contributed by atoms with Gasteiger partial charge in [0.1, 0.15) is 4.90 Å². The first-order valence-electron chi connectivity index (χ1n) is 9.26. The number of halogens is 1. The molecule has 2 aromatic carbocycles. The molecule has 0 saturated carbocycles. The largest absolute Gasteiger partial charge is 0.296 e. The van der Waals surface area contributed by atoms with Crippen molar-refractivity contribution in [3.05, 3.63) is 58.1 Å². The van der Waals surface area contributed by atoms with Crippen LogP contribution in [0.25, 0.3) is 0 Å². The normalized spacial score (nSPS) is 11.5. The van der Waals surface area contributed by atoms with Crippen LogP contribution in [0.15, 0.2) is 45.6 Å². The van der Waals surface area contributed by atoms with Gasteiger partial charge in [-0.25, -0.2) is 8.42 Å². The van der Waals surface area contributed by atoms with Crippen molar-refractivity contribution in [2.24, 2.45) is 0 Å². The van der Waals surface area contributed by atoms with Gasteiger partial charge in [0.25, 0.3) is 15.9 Å². The summed E-state index contributed by atoms with van der Waals surface area (Å²) in [4.78, 5) is 12.5. The standard InChI is InChI=1S/C20H21ClN4O3S3/c1-11(2)29-20-24-23-19(30-20)22-18(26)14-6-8-16(21)17(10-14)31(27,28)25-15-7-5-12(3)13(4)9-15/h5-11,25H,1-4H3,(H,22,23,26). The van der Waals surface area contributed by atoms with E-state index >= 15 is 0 Å². The van der Waals surface area contributed by atoms with E-state index in [1.165, 1.54) is 29.5 Å². The highest BCUT2D eigenvalue weighted by atomic mass is 35.5. The molecular weight excluding hydrogens is 476 g/mol. The van der Waals surface area contributed by atoms with Gasteiger partial charge in [0.2, 0.25) is 5.13 Å². The third-order valence-corrected chi connectivity index (χ3v) is 8.00. The lowest BCUT2D eigenvalue weighted by atomic mass is 10.1. The second-order valence-corrected chi connectivity index (χ2v) is 11.9. The summed E-state index contributed by atoms with van der Waals surface area (Å²) in [6, 6.07) is 9.31. The Morgan fingerprint density at radius 3 is 2.52 bits per heavy atom. The van der Waals surface area contributed by atoms with Crippen molar-refractivity contribution in [2.45, 2.75) is 42.2 Å². The van der Waals surface area contributed by atoms with E-state index < -0.39 is 15.9 Å². The van der Waals surface area contributed by atoms with E-state index in [0.717, 1.165) is 15.5 Å². The van der Waals surface area contributed by atoms with Crippen molar-refractivity contribution in [2.75, 3.05) is 10.0 Å². The predicted molar refractivity (Wildman–Crippen MR) is 127 cm³/mol. The molecule has 2 N–H and O–H groups in total. The molecule has 0 saturated heterocycles. The highest BCUT2D eigenvalue weighted by Crippen LogP contribution is 2.29. The fourth-order valence-corrected chi connectivity index (χ4v) is 6.09.